The predicted octanol–water partition coefficient (Wildman–Crippen LogP) is 1.31. The molecule has 0 saturated carbocycles. The summed E-state index contributed by atoms with van der Waals surface area (Å²) in [5, 5.41) is 6.92. The molecular formula is C11H17N3O. The van der Waals surface area contributed by atoms with Gasteiger partial charge in [0.15, 0.2) is 0 Å². The van der Waals surface area contributed by atoms with Crippen molar-refractivity contribution >= 4 is 5.91 Å². The lowest BCUT2D eigenvalue weighted by molar-refractivity contribution is -0.116. The molecule has 0 fully saturated rings. The van der Waals surface area contributed by atoms with Crippen molar-refractivity contribution in [3.8, 4) is 0 Å². The fraction of sp³-hybridized carbons (Fsp3) is 0.455. The molecule has 0 aliphatic carbocycles. The van der Waals surface area contributed by atoms with Crippen LogP contribution < -0.4 is 5.32 Å². The van der Waals surface area contributed by atoms with Gasteiger partial charge in [-0.1, -0.05) is 5.57 Å². The van der Waals surface area contributed by atoms with Crippen molar-refractivity contribution in [1.82, 2.24) is 15.1 Å². The van der Waals surface area contributed by atoms with Crippen molar-refractivity contribution in [2.75, 3.05) is 0 Å². The van der Waals surface area contributed by atoms with Crippen LogP contribution in [-0.2, 0) is 18.4 Å². The molecule has 1 amide bonds. The van der Waals surface area contributed by atoms with Crippen molar-refractivity contribution in [2.24, 2.45) is 7.05 Å². The first kappa shape index (κ1) is 11.5. The third kappa shape index (κ3) is 3.23. The first-order chi connectivity index (χ1) is 7.00. The Morgan fingerprint density at radius 3 is 2.73 bits per heavy atom. The highest BCUT2D eigenvalue weighted by molar-refractivity contribution is 5.87. The number of carbonyl (C=O) groups excluding carboxylic acids is 1. The minimum Gasteiger partial charge on any atom is -0.348 e. The van der Waals surface area contributed by atoms with Gasteiger partial charge < -0.3 is 5.32 Å². The third-order valence-electron chi connectivity index (χ3n) is 2.21. The second kappa shape index (κ2) is 4.77. The number of hydrogen-bond donors (Lipinski definition) is 1. The van der Waals surface area contributed by atoms with Gasteiger partial charge in [-0.05, 0) is 20.8 Å². The van der Waals surface area contributed by atoms with Gasteiger partial charge in [-0.15, -0.1) is 0 Å². The second-order valence-corrected chi connectivity index (χ2v) is 3.82. The van der Waals surface area contributed by atoms with E-state index in [1.54, 1.807) is 17.0 Å². The van der Waals surface area contributed by atoms with Gasteiger partial charge in [-0.2, -0.15) is 5.10 Å². The number of amides is 1. The molecule has 4 heteroatoms. The Morgan fingerprint density at radius 1 is 1.60 bits per heavy atom. The monoisotopic (exact) mass is 207 g/mol. The fourth-order valence-corrected chi connectivity index (χ4v) is 1.21. The molecule has 1 N–H and O–H groups in total. The van der Waals surface area contributed by atoms with E-state index in [9.17, 15) is 4.79 Å². The maximum Gasteiger partial charge on any atom is 0.244 e. The zero-order valence-corrected chi connectivity index (χ0v) is 9.66. The number of aromatic nitrogens is 2. The lowest BCUT2D eigenvalue weighted by Crippen LogP contribution is -2.20. The molecule has 15 heavy (non-hydrogen) atoms. The van der Waals surface area contributed by atoms with Crippen molar-refractivity contribution in [3.05, 3.63) is 29.1 Å². The average Bonchev–Trinajstić information content (AvgIpc) is 2.44. The first-order valence-electron chi connectivity index (χ1n) is 4.91. The molecule has 0 unspecified atom stereocenters. The number of allylic oxidation sites excluding steroid dienone is 1. The van der Waals surface area contributed by atoms with E-state index < -0.39 is 0 Å². The number of hydrogen-bond acceptors (Lipinski definition) is 2. The zero-order chi connectivity index (χ0) is 11.4. The topological polar surface area (TPSA) is 46.9 Å². The Hall–Kier alpha value is -1.58. The van der Waals surface area contributed by atoms with Gasteiger partial charge in [0, 0.05) is 30.9 Å². The summed E-state index contributed by atoms with van der Waals surface area (Å²) < 4.78 is 1.79. The highest BCUT2D eigenvalue weighted by Gasteiger charge is 2.04. The molecule has 0 spiro atoms. The summed E-state index contributed by atoms with van der Waals surface area (Å²) in [5.74, 6) is -0.0572. The van der Waals surface area contributed by atoms with Gasteiger partial charge in [0.2, 0.25) is 5.91 Å². The molecular weight excluding hydrogens is 190 g/mol. The van der Waals surface area contributed by atoms with Crippen LogP contribution in [0.15, 0.2) is 17.8 Å². The summed E-state index contributed by atoms with van der Waals surface area (Å²) in [6.07, 6.45) is 3.36. The van der Waals surface area contributed by atoms with E-state index in [-0.39, 0.29) is 5.91 Å². The highest BCUT2D eigenvalue weighted by Crippen LogP contribution is 2.04. The van der Waals surface area contributed by atoms with Crippen LogP contribution in [0.25, 0.3) is 0 Å². The van der Waals surface area contributed by atoms with Crippen molar-refractivity contribution in [3.63, 3.8) is 0 Å². The molecule has 0 aliphatic rings. The normalized spacial score (nSPS) is 9.87. The van der Waals surface area contributed by atoms with Crippen molar-refractivity contribution in [2.45, 2.75) is 27.3 Å². The van der Waals surface area contributed by atoms with Crippen LogP contribution in [0.3, 0.4) is 0 Å². The summed E-state index contributed by atoms with van der Waals surface area (Å²) >= 11 is 0. The average molecular weight is 207 g/mol. The molecule has 1 aromatic rings. The van der Waals surface area contributed by atoms with Gasteiger partial charge in [0.25, 0.3) is 0 Å². The maximum atomic E-state index is 11.3. The Balaban J connectivity index is 2.55. The SMILES string of the molecule is CC(C)=CC(=O)NCc1cnn(C)c1C. The quantitative estimate of drug-likeness (QED) is 0.760. The third-order valence-corrected chi connectivity index (χ3v) is 2.21. The van der Waals surface area contributed by atoms with Crippen molar-refractivity contribution in [1.29, 1.82) is 0 Å². The molecule has 0 radical (unpaired) electrons. The summed E-state index contributed by atoms with van der Waals surface area (Å²) in [5.41, 5.74) is 3.12. The molecule has 0 aromatic carbocycles. The number of rotatable bonds is 3. The number of aryl methyl sites for hydroxylation is 1. The van der Waals surface area contributed by atoms with Crippen molar-refractivity contribution < 1.29 is 4.79 Å². The van der Waals surface area contributed by atoms with Crippen LogP contribution in [0, 0.1) is 6.92 Å². The number of carbonyl (C=O) groups is 1. The van der Waals surface area contributed by atoms with E-state index in [0.29, 0.717) is 6.54 Å². The lowest BCUT2D eigenvalue weighted by atomic mass is 10.2. The molecule has 0 aliphatic heterocycles. The Bertz CT molecular complexity index is 387. The number of nitrogens with zero attached hydrogens (tertiary/aromatic N) is 2. The molecule has 1 aromatic heterocycles. The summed E-state index contributed by atoms with van der Waals surface area (Å²) in [6.45, 7) is 6.31. The highest BCUT2D eigenvalue weighted by atomic mass is 16.1. The minimum atomic E-state index is -0.0572. The largest absolute Gasteiger partial charge is 0.348 e. The van der Waals surface area contributed by atoms with E-state index in [2.05, 4.69) is 10.4 Å². The molecule has 0 saturated heterocycles. The van der Waals surface area contributed by atoms with Crippen LogP contribution in [0.4, 0.5) is 0 Å². The van der Waals surface area contributed by atoms with Crippen LogP contribution in [0.5, 0.6) is 0 Å². The van der Waals surface area contributed by atoms with Gasteiger partial charge in [0.05, 0.1) is 6.20 Å². The Labute approximate surface area is 90.0 Å². The number of nitrogens with one attached hydrogen (secondary N) is 1. The molecule has 82 valence electrons. The molecule has 1 heterocycles. The smallest absolute Gasteiger partial charge is 0.244 e. The minimum absolute atomic E-state index is 0.0572. The van der Waals surface area contributed by atoms with E-state index in [0.717, 1.165) is 16.8 Å². The Kier molecular flexibility index (Phi) is 3.66. The van der Waals surface area contributed by atoms with E-state index in [1.165, 1.54) is 0 Å². The first-order valence-corrected chi connectivity index (χ1v) is 4.91. The van der Waals surface area contributed by atoms with E-state index in [1.807, 2.05) is 27.8 Å². The molecule has 0 bridgehead atoms. The second-order valence-electron chi connectivity index (χ2n) is 3.82. The maximum absolute atomic E-state index is 11.3. The molecule has 0 atom stereocenters. The zero-order valence-electron chi connectivity index (χ0n) is 9.66. The molecule has 1 rings (SSSR count). The van der Waals surface area contributed by atoms with Gasteiger partial charge in [-0.3, -0.25) is 9.48 Å². The van der Waals surface area contributed by atoms with Gasteiger partial charge in [0.1, 0.15) is 0 Å². The summed E-state index contributed by atoms with van der Waals surface area (Å²) in [6, 6.07) is 0. The Morgan fingerprint density at radius 2 is 2.27 bits per heavy atom. The predicted molar refractivity (Wildman–Crippen MR) is 59.2 cm³/mol. The van der Waals surface area contributed by atoms with Gasteiger partial charge >= 0.3 is 0 Å². The van der Waals surface area contributed by atoms with Crippen LogP contribution >= 0.6 is 0 Å². The summed E-state index contributed by atoms with van der Waals surface area (Å²) in [7, 11) is 1.89. The van der Waals surface area contributed by atoms with Crippen LogP contribution in [-0.4, -0.2) is 15.7 Å². The van der Waals surface area contributed by atoms with E-state index in [4.69, 9.17) is 0 Å². The summed E-state index contributed by atoms with van der Waals surface area (Å²) in [4.78, 5) is 11.3. The molecule has 4 nitrogen and oxygen atoms in total. The van der Waals surface area contributed by atoms with Crippen LogP contribution in [0.1, 0.15) is 25.1 Å². The van der Waals surface area contributed by atoms with Crippen LogP contribution in [0.2, 0.25) is 0 Å². The van der Waals surface area contributed by atoms with E-state index >= 15 is 0 Å². The fourth-order valence-electron chi connectivity index (χ4n) is 1.21. The van der Waals surface area contributed by atoms with Gasteiger partial charge in [-0.25, -0.2) is 0 Å². The standard InChI is InChI=1S/C11H17N3O/c1-8(2)5-11(15)12-6-10-7-13-14(4)9(10)3/h5,7H,6H2,1-4H3,(H,12,15). The lowest BCUT2D eigenvalue weighted by Gasteiger charge is -2.02.